The fourth-order valence-corrected chi connectivity index (χ4v) is 3.45. The summed E-state index contributed by atoms with van der Waals surface area (Å²) >= 11 is 0. The van der Waals surface area contributed by atoms with Gasteiger partial charge >= 0.3 is 5.97 Å². The Morgan fingerprint density at radius 1 is 1.22 bits per heavy atom. The van der Waals surface area contributed by atoms with E-state index in [4.69, 9.17) is 0 Å². The Morgan fingerprint density at radius 2 is 1.91 bits per heavy atom. The van der Waals surface area contributed by atoms with Gasteiger partial charge in [-0.15, -0.1) is 0 Å². The highest BCUT2D eigenvalue weighted by atomic mass is 32.2. The topological polar surface area (TPSA) is 96.4 Å². The van der Waals surface area contributed by atoms with E-state index >= 15 is 0 Å². The van der Waals surface area contributed by atoms with Crippen LogP contribution in [-0.2, 0) is 14.8 Å². The van der Waals surface area contributed by atoms with E-state index in [1.54, 1.807) is 26.0 Å². The summed E-state index contributed by atoms with van der Waals surface area (Å²) in [4.78, 5) is 15.4. The zero-order valence-electron chi connectivity index (χ0n) is 13.1. The Kier molecular flexibility index (Phi) is 4.82. The van der Waals surface area contributed by atoms with Crippen LogP contribution in [0.5, 0.6) is 0 Å². The molecule has 2 rings (SSSR count). The third kappa shape index (κ3) is 3.75. The van der Waals surface area contributed by atoms with Crippen LogP contribution in [0.1, 0.15) is 28.3 Å². The SMILES string of the molecule is Cc1cncc(S(=O)(=O)NC(C(=O)O)c2cccc(C)c2C)c1. The molecule has 1 unspecified atom stereocenters. The number of aryl methyl sites for hydroxylation is 2. The molecule has 0 fully saturated rings. The molecule has 0 aliphatic rings. The van der Waals surface area contributed by atoms with Crippen LogP contribution in [0.4, 0.5) is 0 Å². The van der Waals surface area contributed by atoms with Gasteiger partial charge in [0.05, 0.1) is 0 Å². The van der Waals surface area contributed by atoms with E-state index in [9.17, 15) is 18.3 Å². The van der Waals surface area contributed by atoms with Crippen LogP contribution in [0.25, 0.3) is 0 Å². The van der Waals surface area contributed by atoms with Gasteiger partial charge in [-0.3, -0.25) is 9.78 Å². The van der Waals surface area contributed by atoms with Crippen molar-refractivity contribution in [2.24, 2.45) is 0 Å². The summed E-state index contributed by atoms with van der Waals surface area (Å²) in [6.07, 6.45) is 2.72. The molecule has 0 amide bonds. The lowest BCUT2D eigenvalue weighted by atomic mass is 9.98. The average Bonchev–Trinajstić information content (AvgIpc) is 2.48. The van der Waals surface area contributed by atoms with Gasteiger partial charge in [0.15, 0.2) is 0 Å². The Labute approximate surface area is 135 Å². The smallest absolute Gasteiger partial charge is 0.326 e. The van der Waals surface area contributed by atoms with Gasteiger partial charge in [0.25, 0.3) is 0 Å². The summed E-state index contributed by atoms with van der Waals surface area (Å²) in [6.45, 7) is 5.32. The van der Waals surface area contributed by atoms with Crippen LogP contribution >= 0.6 is 0 Å². The summed E-state index contributed by atoms with van der Waals surface area (Å²) in [7, 11) is -4.00. The first-order chi connectivity index (χ1) is 10.7. The number of pyridine rings is 1. The molecule has 23 heavy (non-hydrogen) atoms. The molecule has 6 nitrogen and oxygen atoms in total. The lowest BCUT2D eigenvalue weighted by molar-refractivity contribution is -0.139. The number of rotatable bonds is 5. The quantitative estimate of drug-likeness (QED) is 0.873. The van der Waals surface area contributed by atoms with Gasteiger partial charge in [-0.2, -0.15) is 4.72 Å². The van der Waals surface area contributed by atoms with Gasteiger partial charge in [0.2, 0.25) is 10.0 Å². The number of aromatic nitrogens is 1. The fourth-order valence-electron chi connectivity index (χ4n) is 2.23. The molecular formula is C16H18N2O4S. The van der Waals surface area contributed by atoms with Gasteiger partial charge in [-0.1, -0.05) is 18.2 Å². The summed E-state index contributed by atoms with van der Waals surface area (Å²) in [6, 6.07) is 5.24. The number of hydrogen-bond donors (Lipinski definition) is 2. The van der Waals surface area contributed by atoms with Gasteiger partial charge in [0.1, 0.15) is 10.9 Å². The number of carboxylic acids is 1. The van der Waals surface area contributed by atoms with Gasteiger partial charge in [-0.25, -0.2) is 8.42 Å². The number of carbonyl (C=O) groups is 1. The van der Waals surface area contributed by atoms with Crippen molar-refractivity contribution >= 4 is 16.0 Å². The molecule has 0 aliphatic carbocycles. The van der Waals surface area contributed by atoms with E-state index in [-0.39, 0.29) is 4.90 Å². The Balaban J connectivity index is 2.44. The summed E-state index contributed by atoms with van der Waals surface area (Å²) < 4.78 is 27.2. The molecule has 2 aromatic rings. The van der Waals surface area contributed by atoms with Crippen LogP contribution in [0.15, 0.2) is 41.6 Å². The highest BCUT2D eigenvalue weighted by Crippen LogP contribution is 2.23. The second-order valence-corrected chi connectivity index (χ2v) is 7.09. The van der Waals surface area contributed by atoms with Crippen LogP contribution in [0.3, 0.4) is 0 Å². The predicted octanol–water partition coefficient (Wildman–Crippen LogP) is 2.11. The summed E-state index contributed by atoms with van der Waals surface area (Å²) in [5.41, 5.74) is 2.73. The minimum absolute atomic E-state index is 0.0611. The number of benzene rings is 1. The monoisotopic (exact) mass is 334 g/mol. The fraction of sp³-hybridized carbons (Fsp3) is 0.250. The van der Waals surface area contributed by atoms with E-state index < -0.39 is 22.0 Å². The molecule has 0 radical (unpaired) electrons. The molecule has 7 heteroatoms. The van der Waals surface area contributed by atoms with Crippen molar-refractivity contribution in [1.29, 1.82) is 0 Å². The predicted molar refractivity (Wildman–Crippen MR) is 85.6 cm³/mol. The maximum atomic E-state index is 12.5. The normalized spacial score (nSPS) is 12.8. The minimum Gasteiger partial charge on any atom is -0.480 e. The molecule has 0 saturated heterocycles. The third-order valence-electron chi connectivity index (χ3n) is 3.64. The lowest BCUT2D eigenvalue weighted by Crippen LogP contribution is -2.34. The minimum atomic E-state index is -4.00. The largest absolute Gasteiger partial charge is 0.480 e. The van der Waals surface area contributed by atoms with Crippen molar-refractivity contribution in [3.05, 3.63) is 58.9 Å². The highest BCUT2D eigenvalue weighted by Gasteiger charge is 2.28. The number of carboxylic acid groups (broad SMARTS) is 1. The van der Waals surface area contributed by atoms with E-state index in [0.717, 1.165) is 11.1 Å². The summed E-state index contributed by atoms with van der Waals surface area (Å²) in [5.74, 6) is -1.26. The standard InChI is InChI=1S/C16H18N2O4S/c1-10-7-13(9-17-8-10)23(21,22)18-15(16(19)20)14-6-4-5-11(2)12(14)3/h4-9,15,18H,1-3H3,(H,19,20). The molecular weight excluding hydrogens is 316 g/mol. The van der Waals surface area contributed by atoms with E-state index in [1.165, 1.54) is 18.5 Å². The van der Waals surface area contributed by atoms with Crippen LogP contribution in [0.2, 0.25) is 0 Å². The molecule has 0 bridgehead atoms. The van der Waals surface area contributed by atoms with Crippen molar-refractivity contribution in [3.63, 3.8) is 0 Å². The molecule has 0 spiro atoms. The molecule has 1 heterocycles. The van der Waals surface area contributed by atoms with E-state index in [1.807, 2.05) is 13.0 Å². The molecule has 0 saturated carbocycles. The Hall–Kier alpha value is -2.25. The van der Waals surface area contributed by atoms with E-state index in [2.05, 4.69) is 9.71 Å². The molecule has 2 N–H and O–H groups in total. The molecule has 0 aliphatic heterocycles. The molecule has 1 atom stereocenters. The summed E-state index contributed by atoms with van der Waals surface area (Å²) in [5, 5.41) is 9.46. The first-order valence-electron chi connectivity index (χ1n) is 6.95. The molecule has 122 valence electrons. The maximum absolute atomic E-state index is 12.5. The number of nitrogens with one attached hydrogen (secondary N) is 1. The first kappa shape index (κ1) is 17.1. The number of aliphatic carboxylic acids is 1. The van der Waals surface area contributed by atoms with E-state index in [0.29, 0.717) is 11.1 Å². The Morgan fingerprint density at radius 3 is 2.52 bits per heavy atom. The van der Waals surface area contributed by atoms with Crippen molar-refractivity contribution in [2.75, 3.05) is 0 Å². The molecule has 1 aromatic carbocycles. The number of hydrogen-bond acceptors (Lipinski definition) is 4. The second-order valence-electron chi connectivity index (χ2n) is 5.38. The molecule has 1 aromatic heterocycles. The second kappa shape index (κ2) is 6.47. The van der Waals surface area contributed by atoms with Gasteiger partial charge in [-0.05, 0) is 49.1 Å². The Bertz CT molecular complexity index is 847. The van der Waals surface area contributed by atoms with Crippen molar-refractivity contribution in [2.45, 2.75) is 31.7 Å². The van der Waals surface area contributed by atoms with Crippen LogP contribution in [0, 0.1) is 20.8 Å². The van der Waals surface area contributed by atoms with Gasteiger partial charge in [0, 0.05) is 12.4 Å². The third-order valence-corrected chi connectivity index (χ3v) is 5.03. The number of nitrogens with zero attached hydrogens (tertiary/aromatic N) is 1. The highest BCUT2D eigenvalue weighted by molar-refractivity contribution is 7.89. The van der Waals surface area contributed by atoms with Crippen molar-refractivity contribution in [3.8, 4) is 0 Å². The van der Waals surface area contributed by atoms with Gasteiger partial charge < -0.3 is 5.11 Å². The maximum Gasteiger partial charge on any atom is 0.326 e. The zero-order valence-corrected chi connectivity index (χ0v) is 13.9. The van der Waals surface area contributed by atoms with Crippen molar-refractivity contribution in [1.82, 2.24) is 9.71 Å². The van der Waals surface area contributed by atoms with Crippen LogP contribution < -0.4 is 4.72 Å². The lowest BCUT2D eigenvalue weighted by Gasteiger charge is -2.18. The van der Waals surface area contributed by atoms with Crippen LogP contribution in [-0.4, -0.2) is 24.5 Å². The first-order valence-corrected chi connectivity index (χ1v) is 8.43. The number of sulfonamides is 1. The van der Waals surface area contributed by atoms with Crippen molar-refractivity contribution < 1.29 is 18.3 Å². The average molecular weight is 334 g/mol. The zero-order chi connectivity index (χ0) is 17.2.